The van der Waals surface area contributed by atoms with Gasteiger partial charge in [-0.25, -0.2) is 4.98 Å². The molecule has 2 aromatic carbocycles. The van der Waals surface area contributed by atoms with E-state index < -0.39 is 6.04 Å². The molecule has 1 heterocycles. The molecule has 0 radical (unpaired) electrons. The van der Waals surface area contributed by atoms with Crippen molar-refractivity contribution in [1.29, 1.82) is 0 Å². The summed E-state index contributed by atoms with van der Waals surface area (Å²) in [6.45, 7) is 3.98. The van der Waals surface area contributed by atoms with Gasteiger partial charge in [0.2, 0.25) is 0 Å². The average Bonchev–Trinajstić information content (AvgIpc) is 3.12. The zero-order valence-corrected chi connectivity index (χ0v) is 16.6. The first-order valence-electron chi connectivity index (χ1n) is 9.08. The lowest BCUT2D eigenvalue weighted by atomic mass is 10.1. The number of amides is 1. The molecular weight excluding hydrogens is 354 g/mol. The SMILES string of the molecule is COc1cccc(C(NC(=O)COc2ccc(C)c(C)c2)c2nccn2C)c1. The van der Waals surface area contributed by atoms with Crippen LogP contribution >= 0.6 is 0 Å². The molecular formula is C22H25N3O3. The van der Waals surface area contributed by atoms with E-state index in [0.717, 1.165) is 22.7 Å². The lowest BCUT2D eigenvalue weighted by molar-refractivity contribution is -0.123. The Kier molecular flexibility index (Phi) is 5.99. The number of carbonyl (C=O) groups is 1. The number of ether oxygens (including phenoxy) is 2. The molecule has 146 valence electrons. The minimum atomic E-state index is -0.411. The fourth-order valence-corrected chi connectivity index (χ4v) is 2.93. The van der Waals surface area contributed by atoms with Gasteiger partial charge in [0.05, 0.1) is 7.11 Å². The highest BCUT2D eigenvalue weighted by Gasteiger charge is 2.21. The van der Waals surface area contributed by atoms with Crippen molar-refractivity contribution in [1.82, 2.24) is 14.9 Å². The monoisotopic (exact) mass is 379 g/mol. The van der Waals surface area contributed by atoms with Gasteiger partial charge in [0.25, 0.3) is 5.91 Å². The topological polar surface area (TPSA) is 65.4 Å². The van der Waals surface area contributed by atoms with Crippen molar-refractivity contribution in [3.8, 4) is 11.5 Å². The maximum Gasteiger partial charge on any atom is 0.258 e. The van der Waals surface area contributed by atoms with Gasteiger partial charge >= 0.3 is 0 Å². The quantitative estimate of drug-likeness (QED) is 0.684. The van der Waals surface area contributed by atoms with E-state index in [1.165, 1.54) is 5.56 Å². The molecule has 0 aliphatic rings. The normalized spacial score (nSPS) is 11.7. The summed E-state index contributed by atoms with van der Waals surface area (Å²) in [5.74, 6) is 1.90. The third kappa shape index (κ3) is 4.52. The summed E-state index contributed by atoms with van der Waals surface area (Å²) in [4.78, 5) is 17.0. The number of hydrogen-bond acceptors (Lipinski definition) is 4. The number of methoxy groups -OCH3 is 1. The lowest BCUT2D eigenvalue weighted by Crippen LogP contribution is -2.34. The molecule has 6 nitrogen and oxygen atoms in total. The molecule has 6 heteroatoms. The molecule has 1 N–H and O–H groups in total. The fraction of sp³-hybridized carbons (Fsp3) is 0.273. The van der Waals surface area contributed by atoms with E-state index in [1.54, 1.807) is 13.3 Å². The Bertz CT molecular complexity index is 965. The highest BCUT2D eigenvalue weighted by molar-refractivity contribution is 5.78. The number of aryl methyl sites for hydroxylation is 3. The largest absolute Gasteiger partial charge is 0.497 e. The molecule has 0 aliphatic heterocycles. The Labute approximate surface area is 165 Å². The number of hydrogen-bond donors (Lipinski definition) is 1. The maximum absolute atomic E-state index is 12.6. The molecule has 1 amide bonds. The van der Waals surface area contributed by atoms with E-state index in [9.17, 15) is 4.79 Å². The number of aromatic nitrogens is 2. The Morgan fingerprint density at radius 3 is 2.64 bits per heavy atom. The van der Waals surface area contributed by atoms with E-state index in [0.29, 0.717) is 5.75 Å². The molecule has 28 heavy (non-hydrogen) atoms. The van der Waals surface area contributed by atoms with E-state index in [2.05, 4.69) is 10.3 Å². The van der Waals surface area contributed by atoms with Crippen LogP contribution in [-0.2, 0) is 11.8 Å². The molecule has 3 rings (SSSR count). The summed E-state index contributed by atoms with van der Waals surface area (Å²) in [5.41, 5.74) is 3.19. The first-order valence-corrected chi connectivity index (χ1v) is 9.08. The summed E-state index contributed by atoms with van der Waals surface area (Å²) in [6, 6.07) is 13.0. The Balaban J connectivity index is 1.76. The minimum absolute atomic E-state index is 0.0760. The second-order valence-corrected chi connectivity index (χ2v) is 6.71. The van der Waals surface area contributed by atoms with Crippen LogP contribution in [0.2, 0.25) is 0 Å². The van der Waals surface area contributed by atoms with Crippen LogP contribution in [0.5, 0.6) is 11.5 Å². The summed E-state index contributed by atoms with van der Waals surface area (Å²) in [6.07, 6.45) is 3.56. The molecule has 0 aliphatic carbocycles. The highest BCUT2D eigenvalue weighted by Crippen LogP contribution is 2.24. The molecule has 0 spiro atoms. The molecule has 0 fully saturated rings. The van der Waals surface area contributed by atoms with Crippen LogP contribution < -0.4 is 14.8 Å². The Morgan fingerprint density at radius 2 is 1.96 bits per heavy atom. The van der Waals surface area contributed by atoms with Crippen molar-refractivity contribution in [3.05, 3.63) is 77.4 Å². The molecule has 1 aromatic heterocycles. The van der Waals surface area contributed by atoms with Gasteiger partial charge in [0.1, 0.15) is 23.4 Å². The Morgan fingerprint density at radius 1 is 1.14 bits per heavy atom. The smallest absolute Gasteiger partial charge is 0.258 e. The van der Waals surface area contributed by atoms with Gasteiger partial charge in [0.15, 0.2) is 6.61 Å². The van der Waals surface area contributed by atoms with Crippen molar-refractivity contribution < 1.29 is 14.3 Å². The number of rotatable bonds is 7. The van der Waals surface area contributed by atoms with Crippen LogP contribution in [-0.4, -0.2) is 29.2 Å². The third-order valence-corrected chi connectivity index (χ3v) is 4.70. The minimum Gasteiger partial charge on any atom is -0.497 e. The zero-order chi connectivity index (χ0) is 20.1. The fourth-order valence-electron chi connectivity index (χ4n) is 2.93. The lowest BCUT2D eigenvalue weighted by Gasteiger charge is -2.20. The van der Waals surface area contributed by atoms with Gasteiger partial charge in [-0.1, -0.05) is 18.2 Å². The van der Waals surface area contributed by atoms with Gasteiger partial charge in [0, 0.05) is 19.4 Å². The van der Waals surface area contributed by atoms with Crippen molar-refractivity contribution in [2.45, 2.75) is 19.9 Å². The zero-order valence-electron chi connectivity index (χ0n) is 16.6. The molecule has 0 saturated heterocycles. The molecule has 3 aromatic rings. The van der Waals surface area contributed by atoms with Gasteiger partial charge < -0.3 is 19.4 Å². The third-order valence-electron chi connectivity index (χ3n) is 4.70. The van der Waals surface area contributed by atoms with Crippen LogP contribution in [0.15, 0.2) is 54.9 Å². The molecule has 0 saturated carbocycles. The standard InChI is InChI=1S/C22H25N3O3/c1-15-8-9-19(12-16(15)2)28-14-20(26)24-21(22-23-10-11-25(22)3)17-6-5-7-18(13-17)27-4/h5-13,21H,14H2,1-4H3,(H,24,26). The molecule has 1 atom stereocenters. The number of nitrogens with one attached hydrogen (secondary N) is 1. The van der Waals surface area contributed by atoms with Crippen LogP contribution in [0, 0.1) is 13.8 Å². The van der Waals surface area contributed by atoms with Gasteiger partial charge in [-0.2, -0.15) is 0 Å². The van der Waals surface area contributed by atoms with Crippen LogP contribution in [0.4, 0.5) is 0 Å². The number of imidazole rings is 1. The van der Waals surface area contributed by atoms with E-state index in [1.807, 2.05) is 74.1 Å². The number of carbonyl (C=O) groups excluding carboxylic acids is 1. The predicted molar refractivity (Wildman–Crippen MR) is 108 cm³/mol. The van der Waals surface area contributed by atoms with Gasteiger partial charge in [-0.15, -0.1) is 0 Å². The van der Waals surface area contributed by atoms with Crippen LogP contribution in [0.1, 0.15) is 28.6 Å². The van der Waals surface area contributed by atoms with Gasteiger partial charge in [-0.05, 0) is 54.8 Å². The van der Waals surface area contributed by atoms with Gasteiger partial charge in [-0.3, -0.25) is 4.79 Å². The molecule has 0 bridgehead atoms. The number of nitrogens with zero attached hydrogens (tertiary/aromatic N) is 2. The maximum atomic E-state index is 12.6. The first kappa shape index (κ1) is 19.5. The predicted octanol–water partition coefficient (Wildman–Crippen LogP) is 3.33. The molecule has 1 unspecified atom stereocenters. The van der Waals surface area contributed by atoms with Crippen molar-refractivity contribution in [3.63, 3.8) is 0 Å². The second kappa shape index (κ2) is 8.61. The van der Waals surface area contributed by atoms with Crippen molar-refractivity contribution >= 4 is 5.91 Å². The average molecular weight is 379 g/mol. The Hall–Kier alpha value is -3.28. The van der Waals surface area contributed by atoms with Crippen molar-refractivity contribution in [2.24, 2.45) is 7.05 Å². The van der Waals surface area contributed by atoms with Crippen molar-refractivity contribution in [2.75, 3.05) is 13.7 Å². The second-order valence-electron chi connectivity index (χ2n) is 6.71. The summed E-state index contributed by atoms with van der Waals surface area (Å²) in [5, 5.41) is 3.02. The van der Waals surface area contributed by atoms with E-state index in [4.69, 9.17) is 9.47 Å². The highest BCUT2D eigenvalue weighted by atomic mass is 16.5. The van der Waals surface area contributed by atoms with E-state index >= 15 is 0 Å². The van der Waals surface area contributed by atoms with Crippen LogP contribution in [0.3, 0.4) is 0 Å². The number of benzene rings is 2. The summed E-state index contributed by atoms with van der Waals surface area (Å²) in [7, 11) is 3.51. The van der Waals surface area contributed by atoms with E-state index in [-0.39, 0.29) is 12.5 Å². The summed E-state index contributed by atoms with van der Waals surface area (Å²) < 4.78 is 12.9. The summed E-state index contributed by atoms with van der Waals surface area (Å²) >= 11 is 0. The first-order chi connectivity index (χ1) is 13.5. The van der Waals surface area contributed by atoms with Crippen LogP contribution in [0.25, 0.3) is 0 Å².